The molecule has 26 heavy (non-hydrogen) atoms. The van der Waals surface area contributed by atoms with Gasteiger partial charge in [0.15, 0.2) is 5.65 Å². The number of nitrogens with zero attached hydrogens (tertiary/aromatic N) is 3. The van der Waals surface area contributed by atoms with Crippen molar-refractivity contribution in [1.29, 1.82) is 0 Å². The van der Waals surface area contributed by atoms with E-state index in [1.165, 1.54) is 0 Å². The Labute approximate surface area is 170 Å². The molecule has 0 saturated carbocycles. The summed E-state index contributed by atoms with van der Waals surface area (Å²) in [5.74, 6) is 1.04. The molecule has 0 aliphatic heterocycles. The van der Waals surface area contributed by atoms with Gasteiger partial charge in [0, 0.05) is 29.0 Å². The van der Waals surface area contributed by atoms with E-state index in [0.717, 1.165) is 47.7 Å². The Hall–Kier alpha value is -1.49. The Morgan fingerprint density at radius 2 is 1.88 bits per heavy atom. The summed E-state index contributed by atoms with van der Waals surface area (Å²) in [4.78, 5) is 9.38. The first-order valence-electron chi connectivity index (χ1n) is 8.66. The van der Waals surface area contributed by atoms with Crippen molar-refractivity contribution < 1.29 is 0 Å². The van der Waals surface area contributed by atoms with Gasteiger partial charge in [-0.05, 0) is 37.5 Å². The summed E-state index contributed by atoms with van der Waals surface area (Å²) in [6.07, 6.45) is 6.70. The molecular weight excluding hydrogens is 391 g/mol. The molecule has 3 rings (SSSR count). The van der Waals surface area contributed by atoms with Crippen LogP contribution in [0, 0.1) is 0 Å². The number of benzene rings is 1. The maximum atomic E-state index is 6.40. The molecule has 0 radical (unpaired) electrons. The highest BCUT2D eigenvalue weighted by molar-refractivity contribution is 6.36. The first kappa shape index (κ1) is 20.8. The van der Waals surface area contributed by atoms with Crippen molar-refractivity contribution in [2.45, 2.75) is 46.1 Å². The van der Waals surface area contributed by atoms with Gasteiger partial charge in [-0.15, -0.1) is 12.4 Å². The lowest BCUT2D eigenvalue weighted by Gasteiger charge is -2.17. The summed E-state index contributed by atoms with van der Waals surface area (Å²) < 4.78 is 2.07. The standard InChI is InChI=1S/C19H22Cl2N4.ClH/c1-4-13(5-2)23-18-16(6-3)24-19-17(22-9-10-25(18)19)14-8-7-12(20)11-15(14)21;/h7-11,13,23H,4-6H2,1-3H3;1H. The van der Waals surface area contributed by atoms with Gasteiger partial charge in [0.1, 0.15) is 11.5 Å². The molecule has 2 heterocycles. The van der Waals surface area contributed by atoms with Crippen molar-refractivity contribution in [3.63, 3.8) is 0 Å². The molecule has 140 valence electrons. The third-order valence-electron chi connectivity index (χ3n) is 4.46. The maximum absolute atomic E-state index is 6.40. The fraction of sp³-hybridized carbons (Fsp3) is 0.368. The number of aryl methyl sites for hydroxylation is 1. The van der Waals surface area contributed by atoms with E-state index >= 15 is 0 Å². The highest BCUT2D eigenvalue weighted by Gasteiger charge is 2.18. The fourth-order valence-electron chi connectivity index (χ4n) is 2.98. The number of imidazole rings is 1. The molecule has 3 aromatic rings. The normalized spacial score (nSPS) is 11.0. The zero-order valence-corrected chi connectivity index (χ0v) is 17.4. The minimum Gasteiger partial charge on any atom is -0.367 e. The van der Waals surface area contributed by atoms with E-state index in [0.29, 0.717) is 16.1 Å². The molecule has 1 aromatic carbocycles. The highest BCUT2D eigenvalue weighted by atomic mass is 35.5. The van der Waals surface area contributed by atoms with Crippen LogP contribution >= 0.6 is 35.6 Å². The minimum atomic E-state index is 0. The van der Waals surface area contributed by atoms with E-state index in [4.69, 9.17) is 28.2 Å². The van der Waals surface area contributed by atoms with Gasteiger partial charge in [0.05, 0.1) is 10.7 Å². The van der Waals surface area contributed by atoms with E-state index in [2.05, 4.69) is 35.5 Å². The Kier molecular flexibility index (Phi) is 7.16. The van der Waals surface area contributed by atoms with E-state index in [1.54, 1.807) is 12.3 Å². The third kappa shape index (κ3) is 3.93. The average molecular weight is 414 g/mol. The molecule has 4 nitrogen and oxygen atoms in total. The van der Waals surface area contributed by atoms with Crippen LogP contribution in [0.4, 0.5) is 5.82 Å². The van der Waals surface area contributed by atoms with Gasteiger partial charge >= 0.3 is 0 Å². The molecule has 0 aliphatic carbocycles. The molecule has 0 bridgehead atoms. The molecular formula is C19H23Cl3N4. The number of halogens is 3. The number of rotatable bonds is 6. The van der Waals surface area contributed by atoms with Crippen LogP contribution in [0.5, 0.6) is 0 Å². The molecule has 0 saturated heterocycles. The molecule has 2 aromatic heterocycles. The zero-order valence-electron chi connectivity index (χ0n) is 15.1. The number of aromatic nitrogens is 3. The van der Waals surface area contributed by atoms with E-state index in [-0.39, 0.29) is 12.4 Å². The van der Waals surface area contributed by atoms with Crippen molar-refractivity contribution >= 4 is 47.1 Å². The van der Waals surface area contributed by atoms with Crippen molar-refractivity contribution in [2.75, 3.05) is 5.32 Å². The molecule has 0 fully saturated rings. The van der Waals surface area contributed by atoms with Crippen LogP contribution in [-0.4, -0.2) is 20.4 Å². The predicted molar refractivity (Wildman–Crippen MR) is 113 cm³/mol. The van der Waals surface area contributed by atoms with Crippen molar-refractivity contribution in [3.8, 4) is 11.3 Å². The number of hydrogen-bond donors (Lipinski definition) is 1. The van der Waals surface area contributed by atoms with Crippen LogP contribution in [0.25, 0.3) is 16.9 Å². The summed E-state index contributed by atoms with van der Waals surface area (Å²) in [7, 11) is 0. The SMILES string of the molecule is CCc1nc2c(-c3ccc(Cl)cc3Cl)nccn2c1NC(CC)CC.Cl. The van der Waals surface area contributed by atoms with Gasteiger partial charge < -0.3 is 5.32 Å². The highest BCUT2D eigenvalue weighted by Crippen LogP contribution is 2.33. The first-order chi connectivity index (χ1) is 12.1. The third-order valence-corrected chi connectivity index (χ3v) is 5.01. The van der Waals surface area contributed by atoms with Gasteiger partial charge in [-0.3, -0.25) is 9.38 Å². The quantitative estimate of drug-likeness (QED) is 0.516. The first-order valence-corrected chi connectivity index (χ1v) is 9.42. The number of anilines is 1. The number of nitrogens with one attached hydrogen (secondary N) is 1. The van der Waals surface area contributed by atoms with Crippen LogP contribution in [0.15, 0.2) is 30.6 Å². The summed E-state index contributed by atoms with van der Waals surface area (Å²) in [5.41, 5.74) is 3.43. The lowest BCUT2D eigenvalue weighted by Crippen LogP contribution is -2.19. The Morgan fingerprint density at radius 3 is 2.50 bits per heavy atom. The van der Waals surface area contributed by atoms with Crippen molar-refractivity contribution in [2.24, 2.45) is 0 Å². The summed E-state index contributed by atoms with van der Waals surface area (Å²) in [6, 6.07) is 5.86. The lowest BCUT2D eigenvalue weighted by molar-refractivity contribution is 0.666. The topological polar surface area (TPSA) is 42.2 Å². The van der Waals surface area contributed by atoms with Crippen LogP contribution < -0.4 is 5.32 Å². The summed E-state index contributed by atoms with van der Waals surface area (Å²) >= 11 is 12.4. The molecule has 0 amide bonds. The van der Waals surface area contributed by atoms with Crippen LogP contribution in [0.3, 0.4) is 0 Å². The second kappa shape index (κ2) is 8.94. The van der Waals surface area contributed by atoms with E-state index < -0.39 is 0 Å². The van der Waals surface area contributed by atoms with Crippen molar-refractivity contribution in [1.82, 2.24) is 14.4 Å². The van der Waals surface area contributed by atoms with Crippen LogP contribution in [0.2, 0.25) is 10.0 Å². The molecule has 1 N–H and O–H groups in total. The zero-order chi connectivity index (χ0) is 18.0. The smallest absolute Gasteiger partial charge is 0.165 e. The predicted octanol–water partition coefficient (Wildman–Crippen LogP) is 6.29. The second-order valence-corrected chi connectivity index (χ2v) is 6.86. The number of fused-ring (bicyclic) bond motifs is 1. The monoisotopic (exact) mass is 412 g/mol. The Bertz CT molecular complexity index is 888. The number of hydrogen-bond acceptors (Lipinski definition) is 3. The van der Waals surface area contributed by atoms with Crippen LogP contribution in [0.1, 0.15) is 39.3 Å². The largest absolute Gasteiger partial charge is 0.367 e. The Balaban J connectivity index is 0.00000243. The summed E-state index contributed by atoms with van der Waals surface area (Å²) in [6.45, 7) is 6.50. The molecule has 0 atom stereocenters. The van der Waals surface area contributed by atoms with Gasteiger partial charge in [0.2, 0.25) is 0 Å². The van der Waals surface area contributed by atoms with E-state index in [9.17, 15) is 0 Å². The molecule has 0 aliphatic rings. The van der Waals surface area contributed by atoms with E-state index in [1.807, 2.05) is 18.3 Å². The van der Waals surface area contributed by atoms with Crippen LogP contribution in [-0.2, 0) is 6.42 Å². The lowest BCUT2D eigenvalue weighted by atomic mass is 10.1. The Morgan fingerprint density at radius 1 is 1.15 bits per heavy atom. The van der Waals surface area contributed by atoms with Gasteiger partial charge in [-0.2, -0.15) is 0 Å². The second-order valence-electron chi connectivity index (χ2n) is 6.01. The van der Waals surface area contributed by atoms with Gasteiger partial charge in [0.25, 0.3) is 0 Å². The minimum absolute atomic E-state index is 0. The average Bonchev–Trinajstić information content (AvgIpc) is 2.97. The van der Waals surface area contributed by atoms with Gasteiger partial charge in [-0.25, -0.2) is 4.98 Å². The molecule has 7 heteroatoms. The molecule has 0 spiro atoms. The van der Waals surface area contributed by atoms with Crippen molar-refractivity contribution in [3.05, 3.63) is 46.3 Å². The molecule has 0 unspecified atom stereocenters. The fourth-order valence-corrected chi connectivity index (χ4v) is 3.48. The van der Waals surface area contributed by atoms with Gasteiger partial charge in [-0.1, -0.05) is 44.0 Å². The summed E-state index contributed by atoms with van der Waals surface area (Å²) in [5, 5.41) is 4.82. The maximum Gasteiger partial charge on any atom is 0.165 e.